The lowest BCUT2D eigenvalue weighted by atomic mass is 9.93. The fraction of sp³-hybridized carbons (Fsp3) is 0.455. The second-order valence-electron chi connectivity index (χ2n) is 12.3. The molecule has 2 aliphatic carbocycles. The molecule has 43 heavy (non-hydrogen) atoms. The third kappa shape index (κ3) is 4.89. The van der Waals surface area contributed by atoms with Gasteiger partial charge in [0.25, 0.3) is 5.91 Å². The number of nitrogens with zero attached hydrogens (tertiary/aromatic N) is 6. The molecule has 222 valence electrons. The second kappa shape index (κ2) is 10.9. The van der Waals surface area contributed by atoms with Gasteiger partial charge in [0.15, 0.2) is 11.6 Å². The summed E-state index contributed by atoms with van der Waals surface area (Å²) in [7, 11) is 2.06. The van der Waals surface area contributed by atoms with Crippen LogP contribution in [0.1, 0.15) is 42.7 Å². The maximum Gasteiger partial charge on any atom is 0.319 e. The first-order valence-corrected chi connectivity index (χ1v) is 15.1. The van der Waals surface area contributed by atoms with E-state index in [1.807, 2.05) is 23.1 Å². The van der Waals surface area contributed by atoms with E-state index in [1.54, 1.807) is 6.07 Å². The van der Waals surface area contributed by atoms with Crippen molar-refractivity contribution in [3.63, 3.8) is 0 Å². The van der Waals surface area contributed by atoms with Gasteiger partial charge in [0.05, 0.1) is 18.5 Å². The molecule has 3 heterocycles. The molecule has 1 amide bonds. The van der Waals surface area contributed by atoms with Crippen molar-refractivity contribution in [2.75, 3.05) is 44.7 Å². The van der Waals surface area contributed by atoms with Crippen molar-refractivity contribution < 1.29 is 18.3 Å². The highest BCUT2D eigenvalue weighted by Crippen LogP contribution is 2.58. The molecule has 1 aromatic heterocycles. The highest BCUT2D eigenvalue weighted by atomic mass is 19.1. The minimum atomic E-state index is -1.06. The smallest absolute Gasteiger partial charge is 0.319 e. The lowest BCUT2D eigenvalue weighted by Gasteiger charge is -2.41. The first kappa shape index (κ1) is 27.7. The number of aromatic nitrogens is 2. The van der Waals surface area contributed by atoms with E-state index in [2.05, 4.69) is 35.6 Å². The number of benzene rings is 2. The molecule has 3 aromatic rings. The van der Waals surface area contributed by atoms with Crippen LogP contribution < -0.4 is 9.64 Å². The van der Waals surface area contributed by atoms with Gasteiger partial charge < -0.3 is 19.4 Å². The summed E-state index contributed by atoms with van der Waals surface area (Å²) >= 11 is 0. The number of rotatable bonds is 7. The summed E-state index contributed by atoms with van der Waals surface area (Å²) in [5.41, 5.74) is 4.15. The van der Waals surface area contributed by atoms with Crippen LogP contribution in [0.4, 0.5) is 14.6 Å². The van der Waals surface area contributed by atoms with Gasteiger partial charge in [-0.25, -0.2) is 8.78 Å². The summed E-state index contributed by atoms with van der Waals surface area (Å²) in [6.07, 6.45) is 4.29. The highest BCUT2D eigenvalue weighted by molar-refractivity contribution is 5.94. The molecule has 2 saturated heterocycles. The van der Waals surface area contributed by atoms with Gasteiger partial charge in [-0.2, -0.15) is 15.2 Å². The Hall–Kier alpha value is -4.10. The number of likely N-dealkylation sites (N-methyl/N-ethyl adjacent to an activating group) is 1. The molecule has 1 saturated carbocycles. The van der Waals surface area contributed by atoms with Gasteiger partial charge in [0.2, 0.25) is 0 Å². The zero-order valence-electron chi connectivity index (χ0n) is 24.2. The van der Waals surface area contributed by atoms with Gasteiger partial charge in [-0.1, -0.05) is 30.8 Å². The van der Waals surface area contributed by atoms with Gasteiger partial charge in [-0.05, 0) is 73.9 Å². The predicted molar refractivity (Wildman–Crippen MR) is 159 cm³/mol. The maximum atomic E-state index is 16.6. The number of hydrogen-bond donors (Lipinski definition) is 0. The number of piperazine rings is 1. The summed E-state index contributed by atoms with van der Waals surface area (Å²) in [6.45, 7) is 5.23. The first-order valence-electron chi connectivity index (χ1n) is 15.1. The van der Waals surface area contributed by atoms with Crippen LogP contribution in [-0.2, 0) is 11.2 Å². The third-order valence-electron chi connectivity index (χ3n) is 9.74. The Morgan fingerprint density at radius 3 is 2.79 bits per heavy atom. The van der Waals surface area contributed by atoms with E-state index in [4.69, 9.17) is 9.72 Å². The van der Waals surface area contributed by atoms with Gasteiger partial charge in [-0.15, -0.1) is 0 Å². The molecule has 0 spiro atoms. The van der Waals surface area contributed by atoms with Gasteiger partial charge in [0.1, 0.15) is 17.9 Å². The van der Waals surface area contributed by atoms with Crippen LogP contribution in [-0.4, -0.2) is 77.6 Å². The summed E-state index contributed by atoms with van der Waals surface area (Å²) in [6, 6.07) is 11.7. The third-order valence-corrected chi connectivity index (χ3v) is 9.74. The van der Waals surface area contributed by atoms with E-state index in [1.165, 1.54) is 22.4 Å². The average Bonchev–Trinajstić information content (AvgIpc) is 3.50. The summed E-state index contributed by atoms with van der Waals surface area (Å²) in [4.78, 5) is 27.3. The minimum Gasteiger partial charge on any atom is -0.462 e. The number of ether oxygens (including phenoxy) is 1. The average molecular weight is 585 g/mol. The molecular formula is C33H34F2N6O2. The van der Waals surface area contributed by atoms with Crippen LogP contribution in [0.3, 0.4) is 0 Å². The number of nitriles is 1. The van der Waals surface area contributed by atoms with Crippen molar-refractivity contribution in [3.8, 4) is 23.2 Å². The number of halogens is 2. The van der Waals surface area contributed by atoms with Crippen LogP contribution in [0, 0.1) is 23.1 Å². The summed E-state index contributed by atoms with van der Waals surface area (Å²) in [5, 5.41) is 9.98. The Labute approximate surface area is 249 Å². The molecule has 7 rings (SSSR count). The molecule has 0 radical (unpaired) electrons. The molecule has 2 aliphatic heterocycles. The number of anilines is 1. The van der Waals surface area contributed by atoms with Crippen molar-refractivity contribution in [3.05, 3.63) is 59.7 Å². The molecule has 0 N–H and O–H groups in total. The molecular weight excluding hydrogens is 550 g/mol. The van der Waals surface area contributed by atoms with Crippen LogP contribution in [0.5, 0.6) is 6.01 Å². The van der Waals surface area contributed by atoms with E-state index in [9.17, 15) is 14.4 Å². The second-order valence-corrected chi connectivity index (χ2v) is 12.3. The predicted octanol–water partition coefficient (Wildman–Crippen LogP) is 4.98. The maximum absolute atomic E-state index is 16.6. The van der Waals surface area contributed by atoms with Crippen molar-refractivity contribution in [1.82, 2.24) is 19.8 Å². The summed E-state index contributed by atoms with van der Waals surface area (Å²) < 4.78 is 36.5. The Balaban J connectivity index is 1.29. The lowest BCUT2D eigenvalue weighted by Crippen LogP contribution is -2.55. The van der Waals surface area contributed by atoms with Crippen LogP contribution >= 0.6 is 0 Å². The van der Waals surface area contributed by atoms with Crippen molar-refractivity contribution in [2.45, 2.75) is 50.1 Å². The van der Waals surface area contributed by atoms with E-state index in [0.717, 1.165) is 31.4 Å². The molecule has 8 nitrogen and oxygen atoms in total. The normalized spacial score (nSPS) is 24.5. The van der Waals surface area contributed by atoms with Crippen molar-refractivity contribution in [1.29, 1.82) is 5.26 Å². The number of amides is 1. The van der Waals surface area contributed by atoms with Crippen LogP contribution in [0.25, 0.3) is 22.0 Å². The lowest BCUT2D eigenvalue weighted by molar-refractivity contribution is -0.131. The zero-order chi connectivity index (χ0) is 29.8. The SMILES string of the molecule is C=C(F)C(=O)N1CCN(c2nc(OC[C@@H]3CCCN3C)nc3c(F)c(-c4cccc5c4C[C@H]4C[C@@H]54)ccc23)C[C@@H]1CC#N. The Bertz CT molecular complexity index is 1670. The number of carbonyl (C=O) groups excluding carboxylic acids is 1. The molecule has 3 fully saturated rings. The van der Waals surface area contributed by atoms with Crippen LogP contribution in [0.2, 0.25) is 0 Å². The first-order chi connectivity index (χ1) is 20.8. The fourth-order valence-electron chi connectivity index (χ4n) is 7.30. The number of hydrogen-bond acceptors (Lipinski definition) is 7. The van der Waals surface area contributed by atoms with E-state index in [0.29, 0.717) is 41.8 Å². The molecule has 2 aromatic carbocycles. The van der Waals surface area contributed by atoms with Gasteiger partial charge >= 0.3 is 6.01 Å². The number of likely N-dealkylation sites (tertiary alicyclic amines) is 1. The highest BCUT2D eigenvalue weighted by Gasteiger charge is 2.46. The Morgan fingerprint density at radius 1 is 1.16 bits per heavy atom. The van der Waals surface area contributed by atoms with Crippen molar-refractivity contribution >= 4 is 22.6 Å². The molecule has 0 bridgehead atoms. The monoisotopic (exact) mass is 584 g/mol. The standard InChI is InChI=1S/C33H34F2N6O2/c1-19(34)32(42)41-14-13-40(17-21(41)10-11-36)31-26-9-8-25(23-6-3-7-24-27-15-20(27)16-28(23)24)29(35)30(26)37-33(38-31)43-18-22-5-4-12-39(22)2/h3,6-9,20-22,27H,1,4-5,10,12-18H2,2H3/t20-,21+,22+,27-/m1/s1. The number of fused-ring (bicyclic) bond motifs is 4. The van der Waals surface area contributed by atoms with Gasteiger partial charge in [0, 0.05) is 36.6 Å². The minimum absolute atomic E-state index is 0.00945. The largest absolute Gasteiger partial charge is 0.462 e. The molecule has 4 atom stereocenters. The summed E-state index contributed by atoms with van der Waals surface area (Å²) in [5.74, 6) is -0.559. The molecule has 4 aliphatic rings. The Kier molecular flexibility index (Phi) is 7.01. The quantitative estimate of drug-likeness (QED) is 0.362. The van der Waals surface area contributed by atoms with E-state index >= 15 is 4.39 Å². The van der Waals surface area contributed by atoms with Crippen molar-refractivity contribution in [2.24, 2.45) is 5.92 Å². The molecule has 0 unspecified atom stereocenters. The fourth-order valence-corrected chi connectivity index (χ4v) is 7.30. The Morgan fingerprint density at radius 2 is 2.02 bits per heavy atom. The molecule has 10 heteroatoms. The van der Waals surface area contributed by atoms with Crippen LogP contribution in [0.15, 0.2) is 42.7 Å². The van der Waals surface area contributed by atoms with E-state index < -0.39 is 23.6 Å². The van der Waals surface area contributed by atoms with E-state index in [-0.39, 0.29) is 37.1 Å². The zero-order valence-corrected chi connectivity index (χ0v) is 24.2. The van der Waals surface area contributed by atoms with Gasteiger partial charge in [-0.3, -0.25) is 4.79 Å². The topological polar surface area (TPSA) is 85.6 Å². The number of carbonyl (C=O) groups is 1.